The van der Waals surface area contributed by atoms with Crippen molar-refractivity contribution in [1.82, 2.24) is 14.9 Å². The van der Waals surface area contributed by atoms with Crippen molar-refractivity contribution >= 4 is 28.5 Å². The fraction of sp³-hybridized carbons (Fsp3) is 0.579. The van der Waals surface area contributed by atoms with Crippen molar-refractivity contribution in [3.8, 4) is 0 Å². The topological polar surface area (TPSA) is 41.1 Å². The summed E-state index contributed by atoms with van der Waals surface area (Å²) in [5, 5.41) is 4.85. The van der Waals surface area contributed by atoms with E-state index in [0.717, 1.165) is 22.8 Å². The highest BCUT2D eigenvalue weighted by molar-refractivity contribution is 7.99. The minimum Gasteiger partial charge on any atom is -0.367 e. The fourth-order valence-electron chi connectivity index (χ4n) is 4.01. The summed E-state index contributed by atoms with van der Waals surface area (Å²) >= 11 is 2.10. The molecule has 128 valence electrons. The van der Waals surface area contributed by atoms with E-state index in [1.54, 1.807) is 6.33 Å². The fourth-order valence-corrected chi connectivity index (χ4v) is 4.94. The quantitative estimate of drug-likeness (QED) is 0.921. The smallest absolute Gasteiger partial charge is 0.137 e. The summed E-state index contributed by atoms with van der Waals surface area (Å²) in [6.45, 7) is 4.69. The minimum atomic E-state index is 0.541. The van der Waals surface area contributed by atoms with E-state index in [4.69, 9.17) is 0 Å². The maximum atomic E-state index is 4.52. The van der Waals surface area contributed by atoms with Gasteiger partial charge in [-0.2, -0.15) is 11.8 Å². The zero-order valence-electron chi connectivity index (χ0n) is 14.4. The number of thioether (sulfide) groups is 1. The van der Waals surface area contributed by atoms with E-state index in [-0.39, 0.29) is 0 Å². The van der Waals surface area contributed by atoms with Crippen molar-refractivity contribution in [3.63, 3.8) is 0 Å². The number of fused-ring (bicyclic) bond motifs is 1. The Labute approximate surface area is 148 Å². The summed E-state index contributed by atoms with van der Waals surface area (Å²) < 4.78 is 0. The second-order valence-electron chi connectivity index (χ2n) is 7.04. The van der Waals surface area contributed by atoms with Gasteiger partial charge in [-0.3, -0.25) is 4.90 Å². The van der Waals surface area contributed by atoms with Gasteiger partial charge in [-0.25, -0.2) is 9.97 Å². The Bertz CT molecular complexity index is 691. The Morgan fingerprint density at radius 3 is 2.67 bits per heavy atom. The van der Waals surface area contributed by atoms with Crippen LogP contribution in [0.3, 0.4) is 0 Å². The molecule has 2 fully saturated rings. The molecular formula is C19H26N4S. The van der Waals surface area contributed by atoms with Crippen molar-refractivity contribution in [1.29, 1.82) is 0 Å². The Morgan fingerprint density at radius 1 is 1.08 bits per heavy atom. The maximum Gasteiger partial charge on any atom is 0.137 e. The van der Waals surface area contributed by atoms with Gasteiger partial charge in [0.15, 0.2) is 0 Å². The van der Waals surface area contributed by atoms with Crippen LogP contribution in [0.2, 0.25) is 0 Å². The monoisotopic (exact) mass is 342 g/mol. The van der Waals surface area contributed by atoms with Gasteiger partial charge in [0.25, 0.3) is 0 Å². The highest BCUT2D eigenvalue weighted by atomic mass is 32.2. The summed E-state index contributed by atoms with van der Waals surface area (Å²) in [6, 6.07) is 7.73. The van der Waals surface area contributed by atoms with Crippen LogP contribution in [-0.2, 0) is 0 Å². The lowest BCUT2D eigenvalue weighted by molar-refractivity contribution is 0.167. The predicted molar refractivity (Wildman–Crippen MR) is 103 cm³/mol. The van der Waals surface area contributed by atoms with Crippen LogP contribution >= 0.6 is 11.8 Å². The van der Waals surface area contributed by atoms with E-state index < -0.39 is 0 Å². The number of anilines is 1. The van der Waals surface area contributed by atoms with Crippen LogP contribution in [0.15, 0.2) is 24.5 Å². The van der Waals surface area contributed by atoms with Crippen molar-refractivity contribution in [2.24, 2.45) is 0 Å². The highest BCUT2D eigenvalue weighted by Gasteiger charge is 2.27. The van der Waals surface area contributed by atoms with Gasteiger partial charge in [-0.05, 0) is 44.7 Å². The predicted octanol–water partition coefficient (Wildman–Crippen LogP) is 3.71. The van der Waals surface area contributed by atoms with Crippen LogP contribution in [0.4, 0.5) is 5.82 Å². The van der Waals surface area contributed by atoms with Gasteiger partial charge in [0.2, 0.25) is 0 Å². The second-order valence-corrected chi connectivity index (χ2v) is 8.27. The molecule has 1 aromatic heterocycles. The lowest BCUT2D eigenvalue weighted by atomic mass is 9.90. The summed E-state index contributed by atoms with van der Waals surface area (Å²) in [4.78, 5) is 11.6. The van der Waals surface area contributed by atoms with Crippen molar-refractivity contribution in [2.45, 2.75) is 44.7 Å². The first-order valence-electron chi connectivity index (χ1n) is 9.09. The summed E-state index contributed by atoms with van der Waals surface area (Å²) in [6.07, 6.45) is 6.78. The Balaban J connectivity index is 1.41. The van der Waals surface area contributed by atoms with Crippen LogP contribution in [0.25, 0.3) is 10.9 Å². The Morgan fingerprint density at radius 2 is 1.88 bits per heavy atom. The lowest BCUT2D eigenvalue weighted by Crippen LogP contribution is -2.44. The van der Waals surface area contributed by atoms with Crippen LogP contribution in [0.5, 0.6) is 0 Å². The van der Waals surface area contributed by atoms with Crippen molar-refractivity contribution < 1.29 is 0 Å². The second kappa shape index (κ2) is 7.28. The van der Waals surface area contributed by atoms with Gasteiger partial charge in [0.05, 0.1) is 5.52 Å². The molecule has 1 aromatic carbocycles. The van der Waals surface area contributed by atoms with Gasteiger partial charge in [-0.15, -0.1) is 0 Å². The number of nitrogens with zero attached hydrogens (tertiary/aromatic N) is 3. The standard InChI is InChI=1S/C19H26N4S/c1-14-2-7-18-17(12-14)19(21-13-20-18)22-15-3-5-16(6-4-15)23-8-10-24-11-9-23/h2,7,12-13,15-16H,3-6,8-11H2,1H3,(H,20,21,22). The number of hydrogen-bond donors (Lipinski definition) is 1. The maximum absolute atomic E-state index is 4.52. The first-order chi connectivity index (χ1) is 11.8. The van der Waals surface area contributed by atoms with Crippen LogP contribution in [0.1, 0.15) is 31.2 Å². The van der Waals surface area contributed by atoms with Crippen LogP contribution in [-0.4, -0.2) is 51.5 Å². The third-order valence-electron chi connectivity index (χ3n) is 5.39. The average molecular weight is 343 g/mol. The minimum absolute atomic E-state index is 0.541. The van der Waals surface area contributed by atoms with Crippen molar-refractivity contribution in [3.05, 3.63) is 30.1 Å². The number of rotatable bonds is 3. The Kier molecular flexibility index (Phi) is 4.90. The number of hydrogen-bond acceptors (Lipinski definition) is 5. The van der Waals surface area contributed by atoms with E-state index in [2.05, 4.69) is 57.1 Å². The van der Waals surface area contributed by atoms with E-state index in [1.807, 2.05) is 0 Å². The molecule has 0 unspecified atom stereocenters. The molecule has 0 spiro atoms. The van der Waals surface area contributed by atoms with Gasteiger partial charge in [0, 0.05) is 42.1 Å². The van der Waals surface area contributed by atoms with Gasteiger partial charge < -0.3 is 5.32 Å². The first kappa shape index (κ1) is 16.2. The lowest BCUT2D eigenvalue weighted by Gasteiger charge is -2.39. The molecule has 1 saturated carbocycles. The zero-order chi connectivity index (χ0) is 16.4. The first-order valence-corrected chi connectivity index (χ1v) is 10.2. The SMILES string of the molecule is Cc1ccc2ncnc(NC3CCC(N4CCSCC4)CC3)c2c1. The van der Waals surface area contributed by atoms with Gasteiger partial charge >= 0.3 is 0 Å². The molecule has 4 nitrogen and oxygen atoms in total. The molecule has 0 radical (unpaired) electrons. The molecule has 4 rings (SSSR count). The molecular weight excluding hydrogens is 316 g/mol. The average Bonchev–Trinajstić information content (AvgIpc) is 2.64. The number of nitrogens with one attached hydrogen (secondary N) is 1. The van der Waals surface area contributed by atoms with Gasteiger partial charge in [0.1, 0.15) is 12.1 Å². The Hall–Kier alpha value is -1.33. The molecule has 0 amide bonds. The normalized spacial score (nSPS) is 25.7. The summed E-state index contributed by atoms with van der Waals surface area (Å²) in [5.74, 6) is 3.62. The molecule has 2 heterocycles. The molecule has 2 aromatic rings. The van der Waals surface area contributed by atoms with Crippen molar-refractivity contribution in [2.75, 3.05) is 29.9 Å². The van der Waals surface area contributed by atoms with E-state index in [0.29, 0.717) is 6.04 Å². The van der Waals surface area contributed by atoms with E-state index in [1.165, 1.54) is 55.8 Å². The largest absolute Gasteiger partial charge is 0.367 e. The van der Waals surface area contributed by atoms with E-state index in [9.17, 15) is 0 Å². The highest BCUT2D eigenvalue weighted by Crippen LogP contribution is 2.28. The number of aryl methyl sites for hydroxylation is 1. The molecule has 1 N–H and O–H groups in total. The van der Waals surface area contributed by atoms with Gasteiger partial charge in [-0.1, -0.05) is 11.6 Å². The molecule has 2 aliphatic rings. The molecule has 1 saturated heterocycles. The number of benzene rings is 1. The number of aromatic nitrogens is 2. The molecule has 24 heavy (non-hydrogen) atoms. The van der Waals surface area contributed by atoms with Crippen LogP contribution in [0, 0.1) is 6.92 Å². The molecule has 5 heteroatoms. The molecule has 0 bridgehead atoms. The summed E-state index contributed by atoms with van der Waals surface area (Å²) in [7, 11) is 0. The third-order valence-corrected chi connectivity index (χ3v) is 6.33. The van der Waals surface area contributed by atoms with Crippen LogP contribution < -0.4 is 5.32 Å². The molecule has 0 atom stereocenters. The third kappa shape index (κ3) is 3.52. The summed E-state index contributed by atoms with van der Waals surface area (Å²) in [5.41, 5.74) is 2.28. The zero-order valence-corrected chi connectivity index (χ0v) is 15.2. The molecule has 1 aliphatic heterocycles. The van der Waals surface area contributed by atoms with E-state index >= 15 is 0 Å². The molecule has 1 aliphatic carbocycles.